The zero-order valence-electron chi connectivity index (χ0n) is 19.9. The van der Waals surface area contributed by atoms with E-state index in [4.69, 9.17) is 14.2 Å². The van der Waals surface area contributed by atoms with Crippen molar-refractivity contribution in [3.8, 4) is 28.9 Å². The second kappa shape index (κ2) is 11.4. The van der Waals surface area contributed by atoms with Gasteiger partial charge < -0.3 is 19.5 Å². The Morgan fingerprint density at radius 1 is 1.11 bits per heavy atom. The van der Waals surface area contributed by atoms with Gasteiger partial charge in [0, 0.05) is 35.6 Å². The molecule has 1 aliphatic rings. The molecule has 0 aliphatic carbocycles. The number of hydrogen-bond donors (Lipinski definition) is 1. The Kier molecular flexibility index (Phi) is 7.45. The topological polar surface area (TPSA) is 124 Å². The molecule has 10 nitrogen and oxygen atoms in total. The number of rotatable bonds is 9. The van der Waals surface area contributed by atoms with Crippen LogP contribution >= 0.6 is 0 Å². The molecule has 186 valence electrons. The quantitative estimate of drug-likeness (QED) is 0.345. The maximum absolute atomic E-state index is 12.7. The summed E-state index contributed by atoms with van der Waals surface area (Å²) in [6, 6.07) is 19.7. The Labute approximate surface area is 213 Å². The molecule has 2 aromatic carbocycles. The molecule has 0 atom stereocenters. The lowest BCUT2D eigenvalue weighted by atomic mass is 10.2. The molecule has 1 aliphatic heterocycles. The molecule has 4 aromatic rings. The van der Waals surface area contributed by atoms with Crippen molar-refractivity contribution in [3.63, 3.8) is 0 Å². The van der Waals surface area contributed by atoms with Gasteiger partial charge >= 0.3 is 0 Å². The molecule has 1 saturated heterocycles. The predicted octanol–water partition coefficient (Wildman–Crippen LogP) is 3.99. The van der Waals surface area contributed by atoms with E-state index in [0.29, 0.717) is 53.9 Å². The van der Waals surface area contributed by atoms with Crippen molar-refractivity contribution >= 4 is 11.6 Å². The number of anilines is 1. The van der Waals surface area contributed by atoms with Crippen LogP contribution in [0, 0.1) is 11.3 Å². The molecule has 0 saturated carbocycles. The van der Waals surface area contributed by atoms with E-state index in [1.54, 1.807) is 67.0 Å². The third kappa shape index (κ3) is 5.98. The second-order valence-corrected chi connectivity index (χ2v) is 8.21. The molecule has 1 amide bonds. The summed E-state index contributed by atoms with van der Waals surface area (Å²) >= 11 is 0. The fourth-order valence-corrected chi connectivity index (χ4v) is 3.79. The average Bonchev–Trinajstić information content (AvgIpc) is 3.63. The van der Waals surface area contributed by atoms with E-state index in [1.807, 2.05) is 6.07 Å². The van der Waals surface area contributed by atoms with Gasteiger partial charge in [0.1, 0.15) is 11.8 Å². The van der Waals surface area contributed by atoms with E-state index in [-0.39, 0.29) is 18.0 Å². The number of nitrogens with zero attached hydrogens (tertiary/aromatic N) is 5. The lowest BCUT2D eigenvalue weighted by molar-refractivity contribution is -0.0493. The molecule has 3 heterocycles. The van der Waals surface area contributed by atoms with Crippen molar-refractivity contribution in [3.05, 3.63) is 84.4 Å². The number of pyridine rings is 1. The van der Waals surface area contributed by atoms with Crippen molar-refractivity contribution in [2.24, 2.45) is 0 Å². The van der Waals surface area contributed by atoms with E-state index < -0.39 is 0 Å². The average molecular weight is 497 g/mol. The Balaban J connectivity index is 1.17. The summed E-state index contributed by atoms with van der Waals surface area (Å²) in [5.41, 5.74) is 2.47. The molecular formula is C27H24N6O4. The van der Waals surface area contributed by atoms with Gasteiger partial charge in [-0.2, -0.15) is 10.2 Å². The van der Waals surface area contributed by atoms with Gasteiger partial charge in [0.15, 0.2) is 12.1 Å². The molecule has 0 spiro atoms. The van der Waals surface area contributed by atoms with Crippen molar-refractivity contribution < 1.29 is 19.0 Å². The Morgan fingerprint density at radius 2 is 1.89 bits per heavy atom. The van der Waals surface area contributed by atoms with Crippen LogP contribution in [0.5, 0.6) is 5.75 Å². The maximum atomic E-state index is 12.7. The number of carbonyl (C=O) groups excluding carboxylic acids is 1. The molecule has 0 unspecified atom stereocenters. The van der Waals surface area contributed by atoms with Crippen LogP contribution in [0.1, 0.15) is 29.0 Å². The van der Waals surface area contributed by atoms with Crippen molar-refractivity contribution in [2.45, 2.75) is 19.1 Å². The molecular weight excluding hydrogens is 472 g/mol. The minimum atomic E-state index is -0.243. The molecule has 2 aromatic heterocycles. The maximum Gasteiger partial charge on any atom is 0.255 e. The fraction of sp³-hybridized carbons (Fsp3) is 0.222. The molecule has 5 rings (SSSR count). The molecule has 1 fully saturated rings. The second-order valence-electron chi connectivity index (χ2n) is 8.21. The van der Waals surface area contributed by atoms with Crippen molar-refractivity contribution in [2.75, 3.05) is 25.1 Å². The van der Waals surface area contributed by atoms with Crippen LogP contribution in [-0.2, 0) is 9.47 Å². The van der Waals surface area contributed by atoms with Crippen LogP contribution in [-0.4, -0.2) is 51.8 Å². The van der Waals surface area contributed by atoms with Gasteiger partial charge in [0.05, 0.1) is 25.5 Å². The van der Waals surface area contributed by atoms with Gasteiger partial charge in [-0.1, -0.05) is 0 Å². The normalized spacial score (nSPS) is 13.3. The summed E-state index contributed by atoms with van der Waals surface area (Å²) in [5.74, 6) is 1.01. The van der Waals surface area contributed by atoms with Gasteiger partial charge in [-0.15, -0.1) is 5.10 Å². The van der Waals surface area contributed by atoms with Crippen LogP contribution in [0.3, 0.4) is 0 Å². The smallest absolute Gasteiger partial charge is 0.255 e. The largest absolute Gasteiger partial charge is 0.494 e. The van der Waals surface area contributed by atoms with Crippen LogP contribution in [0.15, 0.2) is 73.1 Å². The van der Waals surface area contributed by atoms with E-state index in [0.717, 1.165) is 12.8 Å². The monoisotopic (exact) mass is 496 g/mol. The van der Waals surface area contributed by atoms with E-state index in [9.17, 15) is 10.1 Å². The predicted molar refractivity (Wildman–Crippen MR) is 134 cm³/mol. The summed E-state index contributed by atoms with van der Waals surface area (Å²) in [7, 11) is 0. The van der Waals surface area contributed by atoms with Gasteiger partial charge in [-0.05, 0) is 67.1 Å². The summed E-state index contributed by atoms with van der Waals surface area (Å²) in [6.07, 6.45) is 4.78. The minimum Gasteiger partial charge on any atom is -0.494 e. The highest BCUT2D eigenvalue weighted by Gasteiger charge is 2.15. The first-order chi connectivity index (χ1) is 18.2. The first-order valence-electron chi connectivity index (χ1n) is 11.8. The molecule has 0 radical (unpaired) electrons. The number of carbonyl (C=O) groups is 1. The first kappa shape index (κ1) is 24.1. The fourth-order valence-electron chi connectivity index (χ4n) is 3.79. The zero-order chi connectivity index (χ0) is 25.5. The van der Waals surface area contributed by atoms with E-state index >= 15 is 0 Å². The highest BCUT2D eigenvalue weighted by atomic mass is 16.7. The lowest BCUT2D eigenvalue weighted by Crippen LogP contribution is -2.12. The SMILES string of the molecule is N#Cc1nc(-c2cccnc2)nn1-c1ccc(NC(=O)c2ccc(OCCCC3OCCO3)cc2)cc1. The minimum absolute atomic E-state index is 0.127. The zero-order valence-corrected chi connectivity index (χ0v) is 19.9. The van der Waals surface area contributed by atoms with Gasteiger partial charge in [-0.3, -0.25) is 9.78 Å². The first-order valence-corrected chi connectivity index (χ1v) is 11.8. The molecule has 10 heteroatoms. The summed E-state index contributed by atoms with van der Waals surface area (Å²) < 4.78 is 18.0. The van der Waals surface area contributed by atoms with Gasteiger partial charge in [-0.25, -0.2) is 4.68 Å². The van der Waals surface area contributed by atoms with E-state index in [1.165, 1.54) is 4.68 Å². The number of amides is 1. The lowest BCUT2D eigenvalue weighted by Gasteiger charge is -2.10. The van der Waals surface area contributed by atoms with Gasteiger partial charge in [0.25, 0.3) is 5.91 Å². The molecule has 37 heavy (non-hydrogen) atoms. The van der Waals surface area contributed by atoms with Crippen molar-refractivity contribution in [1.82, 2.24) is 19.7 Å². The van der Waals surface area contributed by atoms with Crippen molar-refractivity contribution in [1.29, 1.82) is 5.26 Å². The van der Waals surface area contributed by atoms with Crippen LogP contribution in [0.4, 0.5) is 5.69 Å². The number of hydrogen-bond acceptors (Lipinski definition) is 8. The molecule has 0 bridgehead atoms. The highest BCUT2D eigenvalue weighted by molar-refractivity contribution is 6.04. The standard InChI is InChI=1S/C27H24N6O4/c28-17-24-31-26(20-3-1-13-29-18-20)32-33(24)22-9-7-21(8-10-22)30-27(34)19-5-11-23(12-6-19)35-14-2-4-25-36-15-16-37-25/h1,3,5-13,18,25H,2,4,14-16H2,(H,30,34). The Bertz CT molecular complexity index is 1380. The molecule has 1 N–H and O–H groups in total. The number of nitriles is 1. The summed E-state index contributed by atoms with van der Waals surface area (Å²) in [6.45, 7) is 1.85. The summed E-state index contributed by atoms with van der Waals surface area (Å²) in [5, 5.41) is 16.8. The Hall–Kier alpha value is -4.59. The van der Waals surface area contributed by atoms with E-state index in [2.05, 4.69) is 26.5 Å². The van der Waals surface area contributed by atoms with Gasteiger partial charge in [0.2, 0.25) is 5.82 Å². The number of aromatic nitrogens is 4. The number of ether oxygens (including phenoxy) is 3. The number of benzene rings is 2. The third-order valence-electron chi connectivity index (χ3n) is 5.66. The summed E-state index contributed by atoms with van der Waals surface area (Å²) in [4.78, 5) is 21.1. The highest BCUT2D eigenvalue weighted by Crippen LogP contribution is 2.20. The third-order valence-corrected chi connectivity index (χ3v) is 5.66. The van der Waals surface area contributed by atoms with Crippen LogP contribution in [0.25, 0.3) is 17.1 Å². The van der Waals surface area contributed by atoms with Crippen LogP contribution < -0.4 is 10.1 Å². The Morgan fingerprint density at radius 3 is 2.59 bits per heavy atom. The van der Waals surface area contributed by atoms with Crippen LogP contribution in [0.2, 0.25) is 0 Å². The number of nitrogens with one attached hydrogen (secondary N) is 1.